The van der Waals surface area contributed by atoms with Crippen molar-refractivity contribution in [1.29, 1.82) is 0 Å². The highest BCUT2D eigenvalue weighted by Gasteiger charge is 2.29. The van der Waals surface area contributed by atoms with Gasteiger partial charge in [0.25, 0.3) is 0 Å². The molecule has 1 aromatic heterocycles. The number of esters is 1. The number of amides is 1. The minimum absolute atomic E-state index is 0.0438. The SMILES string of the molecule is CCn1c(C)c(C(=O)CN(CC2CCCCC2)C(=O)CC(C)C)c(C)c1C(=O)OC. The summed E-state index contributed by atoms with van der Waals surface area (Å²) in [6.07, 6.45) is 6.35. The molecular weight excluding hydrogens is 380 g/mol. The summed E-state index contributed by atoms with van der Waals surface area (Å²) in [5.74, 6) is 0.219. The van der Waals surface area contributed by atoms with Gasteiger partial charge in [0.05, 0.1) is 13.7 Å². The maximum atomic E-state index is 13.4. The van der Waals surface area contributed by atoms with E-state index in [2.05, 4.69) is 0 Å². The minimum atomic E-state index is -0.438. The molecule has 6 nitrogen and oxygen atoms in total. The highest BCUT2D eigenvalue weighted by Crippen LogP contribution is 2.27. The average molecular weight is 419 g/mol. The van der Waals surface area contributed by atoms with E-state index in [1.54, 1.807) is 11.8 Å². The van der Waals surface area contributed by atoms with E-state index in [1.807, 2.05) is 32.3 Å². The minimum Gasteiger partial charge on any atom is -0.464 e. The van der Waals surface area contributed by atoms with Crippen molar-refractivity contribution in [2.24, 2.45) is 11.8 Å². The van der Waals surface area contributed by atoms with Gasteiger partial charge in [0.2, 0.25) is 5.91 Å². The van der Waals surface area contributed by atoms with Crippen molar-refractivity contribution in [2.45, 2.75) is 79.7 Å². The fourth-order valence-electron chi connectivity index (χ4n) is 4.73. The highest BCUT2D eigenvalue weighted by atomic mass is 16.5. The summed E-state index contributed by atoms with van der Waals surface area (Å²) in [5, 5.41) is 0. The molecule has 0 radical (unpaired) electrons. The van der Waals surface area contributed by atoms with E-state index in [4.69, 9.17) is 4.74 Å². The molecule has 0 bridgehead atoms. The Kier molecular flexibility index (Phi) is 8.68. The lowest BCUT2D eigenvalue weighted by Gasteiger charge is -2.30. The summed E-state index contributed by atoms with van der Waals surface area (Å²) < 4.78 is 6.76. The molecule has 0 aliphatic heterocycles. The Morgan fingerprint density at radius 3 is 2.30 bits per heavy atom. The van der Waals surface area contributed by atoms with Crippen LogP contribution in [-0.2, 0) is 16.1 Å². The third kappa shape index (κ3) is 5.52. The largest absolute Gasteiger partial charge is 0.464 e. The van der Waals surface area contributed by atoms with Gasteiger partial charge in [-0.1, -0.05) is 33.1 Å². The van der Waals surface area contributed by atoms with Gasteiger partial charge < -0.3 is 14.2 Å². The first-order chi connectivity index (χ1) is 14.2. The van der Waals surface area contributed by atoms with E-state index >= 15 is 0 Å². The van der Waals surface area contributed by atoms with E-state index in [-0.39, 0.29) is 24.2 Å². The monoisotopic (exact) mass is 418 g/mol. The van der Waals surface area contributed by atoms with Crippen LogP contribution in [0.3, 0.4) is 0 Å². The first-order valence-corrected chi connectivity index (χ1v) is 11.3. The lowest BCUT2D eigenvalue weighted by molar-refractivity contribution is -0.132. The molecule has 2 rings (SSSR count). The number of carbonyl (C=O) groups excluding carboxylic acids is 3. The third-order valence-corrected chi connectivity index (χ3v) is 6.21. The Bertz CT molecular complexity index is 773. The van der Waals surface area contributed by atoms with Gasteiger partial charge in [0, 0.05) is 30.8 Å². The molecular formula is C24H38N2O4. The number of hydrogen-bond acceptors (Lipinski definition) is 4. The Morgan fingerprint density at radius 2 is 1.77 bits per heavy atom. The zero-order valence-corrected chi connectivity index (χ0v) is 19.5. The lowest BCUT2D eigenvalue weighted by Crippen LogP contribution is -2.40. The molecule has 0 N–H and O–H groups in total. The first kappa shape index (κ1) is 24.2. The lowest BCUT2D eigenvalue weighted by atomic mass is 9.88. The van der Waals surface area contributed by atoms with Crippen molar-refractivity contribution in [2.75, 3.05) is 20.2 Å². The molecule has 1 aliphatic carbocycles. The highest BCUT2D eigenvalue weighted by molar-refractivity contribution is 6.04. The summed E-state index contributed by atoms with van der Waals surface area (Å²) in [6.45, 7) is 10.9. The normalized spacial score (nSPS) is 14.8. The van der Waals surface area contributed by atoms with E-state index in [0.29, 0.717) is 42.2 Å². The second-order valence-corrected chi connectivity index (χ2v) is 8.97. The smallest absolute Gasteiger partial charge is 0.354 e. The van der Waals surface area contributed by atoms with Gasteiger partial charge in [-0.2, -0.15) is 0 Å². The van der Waals surface area contributed by atoms with Crippen LogP contribution >= 0.6 is 0 Å². The zero-order chi connectivity index (χ0) is 22.4. The van der Waals surface area contributed by atoms with Gasteiger partial charge >= 0.3 is 5.97 Å². The van der Waals surface area contributed by atoms with E-state index in [9.17, 15) is 14.4 Å². The summed E-state index contributed by atoms with van der Waals surface area (Å²) in [6, 6.07) is 0. The van der Waals surface area contributed by atoms with E-state index in [1.165, 1.54) is 26.4 Å². The molecule has 1 aliphatic rings. The number of ketones is 1. The predicted molar refractivity (Wildman–Crippen MR) is 118 cm³/mol. The fourth-order valence-corrected chi connectivity index (χ4v) is 4.73. The number of rotatable bonds is 9. The number of methoxy groups -OCH3 is 1. The summed E-state index contributed by atoms with van der Waals surface area (Å²) in [7, 11) is 1.35. The van der Waals surface area contributed by atoms with Crippen molar-refractivity contribution < 1.29 is 19.1 Å². The van der Waals surface area contributed by atoms with Gasteiger partial charge in [-0.05, 0) is 51.0 Å². The van der Waals surface area contributed by atoms with Crippen LogP contribution in [0.2, 0.25) is 0 Å². The molecule has 1 heterocycles. The van der Waals surface area contributed by atoms with Gasteiger partial charge in [0.15, 0.2) is 5.78 Å². The molecule has 0 saturated heterocycles. The van der Waals surface area contributed by atoms with Crippen LogP contribution in [0.25, 0.3) is 0 Å². The number of carbonyl (C=O) groups is 3. The second kappa shape index (κ2) is 10.8. The van der Waals surface area contributed by atoms with Crippen molar-refractivity contribution in [3.63, 3.8) is 0 Å². The van der Waals surface area contributed by atoms with Crippen molar-refractivity contribution in [3.05, 3.63) is 22.5 Å². The molecule has 0 atom stereocenters. The molecule has 0 aromatic carbocycles. The summed E-state index contributed by atoms with van der Waals surface area (Å²) >= 11 is 0. The topological polar surface area (TPSA) is 68.6 Å². The van der Waals surface area contributed by atoms with Crippen LogP contribution in [0.15, 0.2) is 0 Å². The molecule has 0 unspecified atom stereocenters. The Hall–Kier alpha value is -2.11. The Balaban J connectivity index is 2.30. The molecule has 6 heteroatoms. The van der Waals surface area contributed by atoms with Crippen LogP contribution in [0.4, 0.5) is 0 Å². The first-order valence-electron chi connectivity index (χ1n) is 11.3. The maximum Gasteiger partial charge on any atom is 0.354 e. The quantitative estimate of drug-likeness (QED) is 0.436. The number of Topliss-reactive ketones (excluding diaryl/α,β-unsaturated/α-hetero) is 1. The number of hydrogen-bond donors (Lipinski definition) is 0. The van der Waals surface area contributed by atoms with Crippen LogP contribution in [0, 0.1) is 25.7 Å². The molecule has 0 spiro atoms. The van der Waals surface area contributed by atoms with Crippen LogP contribution in [0.5, 0.6) is 0 Å². The Morgan fingerprint density at radius 1 is 1.13 bits per heavy atom. The fraction of sp³-hybridized carbons (Fsp3) is 0.708. The zero-order valence-electron chi connectivity index (χ0n) is 19.5. The third-order valence-electron chi connectivity index (χ3n) is 6.21. The molecule has 30 heavy (non-hydrogen) atoms. The van der Waals surface area contributed by atoms with Crippen LogP contribution in [-0.4, -0.2) is 47.3 Å². The predicted octanol–water partition coefficient (Wildman–Crippen LogP) is 4.55. The Labute approximate surface area is 181 Å². The molecule has 1 fully saturated rings. The molecule has 1 saturated carbocycles. The van der Waals surface area contributed by atoms with E-state index < -0.39 is 5.97 Å². The second-order valence-electron chi connectivity index (χ2n) is 8.97. The average Bonchev–Trinajstić information content (AvgIpc) is 2.96. The molecule has 1 amide bonds. The van der Waals surface area contributed by atoms with Crippen LogP contribution in [0.1, 0.15) is 91.4 Å². The van der Waals surface area contributed by atoms with E-state index in [0.717, 1.165) is 18.5 Å². The summed E-state index contributed by atoms with van der Waals surface area (Å²) in [5.41, 5.74) is 2.37. The number of nitrogens with zero attached hydrogens (tertiary/aromatic N) is 2. The van der Waals surface area contributed by atoms with Gasteiger partial charge in [-0.15, -0.1) is 0 Å². The number of ether oxygens (including phenoxy) is 1. The van der Waals surface area contributed by atoms with Gasteiger partial charge in [-0.25, -0.2) is 4.79 Å². The van der Waals surface area contributed by atoms with Crippen LogP contribution < -0.4 is 0 Å². The van der Waals surface area contributed by atoms with Gasteiger partial charge in [-0.3, -0.25) is 9.59 Å². The van der Waals surface area contributed by atoms with Gasteiger partial charge in [0.1, 0.15) is 5.69 Å². The molecule has 1 aromatic rings. The number of aromatic nitrogens is 1. The summed E-state index contributed by atoms with van der Waals surface area (Å²) in [4.78, 5) is 40.4. The standard InChI is InChI=1S/C24H38N2O4/c1-7-26-18(5)22(17(4)23(26)24(29)30-6)20(27)15-25(21(28)13-16(2)3)14-19-11-9-8-10-12-19/h16,19H,7-15H2,1-6H3. The maximum absolute atomic E-state index is 13.4. The van der Waals surface area contributed by atoms with Crippen molar-refractivity contribution >= 4 is 17.7 Å². The molecule has 168 valence electrons. The van der Waals surface area contributed by atoms with Crippen molar-refractivity contribution in [1.82, 2.24) is 9.47 Å². The van der Waals surface area contributed by atoms with Crippen molar-refractivity contribution in [3.8, 4) is 0 Å².